The van der Waals surface area contributed by atoms with Crippen LogP contribution in [0.3, 0.4) is 0 Å². The first-order valence-electron chi connectivity index (χ1n) is 10.9. The minimum absolute atomic E-state index is 0.743. The van der Waals surface area contributed by atoms with Gasteiger partial charge in [0.05, 0.1) is 29.7 Å². The van der Waals surface area contributed by atoms with Gasteiger partial charge in [-0.25, -0.2) is 0 Å². The van der Waals surface area contributed by atoms with Crippen LogP contribution >= 0.6 is 15.1 Å². The molecule has 178 valence electrons. The number of hydrogen-bond donors (Lipinski definition) is 0. The van der Waals surface area contributed by atoms with E-state index in [-0.39, 0.29) is 0 Å². The minimum atomic E-state index is -10.7. The average molecular weight is 502 g/mol. The third-order valence-corrected chi connectivity index (χ3v) is 11.7. The second-order valence-electron chi connectivity index (χ2n) is 8.90. The normalized spacial score (nSPS) is 23.2. The van der Waals surface area contributed by atoms with E-state index in [1.807, 2.05) is 0 Å². The van der Waals surface area contributed by atoms with Crippen LogP contribution in [0.2, 0.25) is 0 Å². The number of benzene rings is 3. The summed E-state index contributed by atoms with van der Waals surface area (Å²) in [5.41, 5.74) is 5.61. The zero-order valence-corrected chi connectivity index (χ0v) is 19.9. The van der Waals surface area contributed by atoms with E-state index in [4.69, 9.17) is 0 Å². The van der Waals surface area contributed by atoms with Gasteiger partial charge < -0.3 is 0 Å². The molecule has 8 heteroatoms. The van der Waals surface area contributed by atoms with Gasteiger partial charge in [0.15, 0.2) is 0 Å². The molecule has 3 aromatic carbocycles. The molecular weight excluding hydrogens is 476 g/mol. The van der Waals surface area contributed by atoms with Gasteiger partial charge in [-0.3, -0.25) is 0 Å². The predicted octanol–water partition coefficient (Wildman–Crippen LogP) is 9.20. The Morgan fingerprint density at radius 2 is 1.21 bits per heavy atom. The number of rotatable bonds is 2. The van der Waals surface area contributed by atoms with Crippen LogP contribution in [-0.2, 0) is 6.16 Å². The third kappa shape index (κ3) is 5.61. The first-order valence-corrected chi connectivity index (χ1v) is 15.0. The molecule has 3 aromatic rings. The Balaban J connectivity index is 0.000000325. The Hall–Kier alpha value is -1.90. The summed E-state index contributed by atoms with van der Waals surface area (Å²) in [6, 6.07) is 30.0. The molecular formula is C25H26F6P2. The van der Waals surface area contributed by atoms with Gasteiger partial charge in [-0.15, -0.1) is 0 Å². The third-order valence-electron chi connectivity index (χ3n) is 6.73. The SMILES string of the molecule is Cc1cccc2c1C[P+](c1ccccc1)(c1ccccc1)C1CCCC21.F[P-](F)(F)(F)(F)F. The molecule has 33 heavy (non-hydrogen) atoms. The Kier molecular flexibility index (Phi) is 5.74. The molecule has 0 bridgehead atoms. The van der Waals surface area contributed by atoms with Gasteiger partial charge in [0, 0.05) is 5.92 Å². The Labute approximate surface area is 190 Å². The van der Waals surface area contributed by atoms with Gasteiger partial charge in [-0.1, -0.05) is 54.6 Å². The van der Waals surface area contributed by atoms with Crippen molar-refractivity contribution < 1.29 is 25.2 Å². The fraction of sp³-hybridized carbons (Fsp3) is 0.280. The van der Waals surface area contributed by atoms with Crippen LogP contribution in [0.1, 0.15) is 41.9 Å². The van der Waals surface area contributed by atoms with Gasteiger partial charge in [0.25, 0.3) is 0 Å². The standard InChI is InChI=1S/C25H26P.F6P/c1-19-10-8-15-22-23-16-9-17-25(23)26(18-24(19)22,20-11-4-2-5-12-20)21-13-6-3-7-14-21;1-7(2,3,4,5)6/h2-8,10-15,23,25H,9,16-18H2,1H3;/q+1;-1. The van der Waals surface area contributed by atoms with Crippen molar-refractivity contribution in [2.45, 2.75) is 43.9 Å². The van der Waals surface area contributed by atoms with Crippen LogP contribution < -0.4 is 10.6 Å². The Morgan fingerprint density at radius 1 is 0.697 bits per heavy atom. The maximum atomic E-state index is 9.87. The van der Waals surface area contributed by atoms with Gasteiger partial charge in [-0.05, 0) is 67.1 Å². The molecule has 0 aromatic heterocycles. The van der Waals surface area contributed by atoms with Crippen LogP contribution in [0.5, 0.6) is 0 Å². The van der Waals surface area contributed by atoms with Crippen molar-refractivity contribution in [2.24, 2.45) is 0 Å². The molecule has 1 heterocycles. The van der Waals surface area contributed by atoms with Crippen molar-refractivity contribution in [3.63, 3.8) is 0 Å². The van der Waals surface area contributed by atoms with Crippen molar-refractivity contribution in [2.75, 3.05) is 0 Å². The van der Waals surface area contributed by atoms with E-state index in [0.717, 1.165) is 11.6 Å². The topological polar surface area (TPSA) is 0 Å². The van der Waals surface area contributed by atoms with Crippen molar-refractivity contribution in [1.82, 2.24) is 0 Å². The fourth-order valence-corrected chi connectivity index (χ4v) is 11.1. The van der Waals surface area contributed by atoms with E-state index in [1.54, 1.807) is 21.7 Å². The summed E-state index contributed by atoms with van der Waals surface area (Å²) in [5, 5.41) is 3.22. The van der Waals surface area contributed by atoms with Gasteiger partial charge >= 0.3 is 33.0 Å². The summed E-state index contributed by atoms with van der Waals surface area (Å²) in [6.07, 6.45) is 5.37. The summed E-state index contributed by atoms with van der Waals surface area (Å²) in [4.78, 5) is 0. The molecule has 1 saturated carbocycles. The van der Waals surface area contributed by atoms with E-state index >= 15 is 0 Å². The molecule has 0 nitrogen and oxygen atoms in total. The van der Waals surface area contributed by atoms with Crippen molar-refractivity contribution in [3.05, 3.63) is 95.6 Å². The Morgan fingerprint density at radius 3 is 1.73 bits per heavy atom. The molecule has 0 N–H and O–H groups in total. The second-order valence-corrected chi connectivity index (χ2v) is 14.6. The molecule has 0 amide bonds. The summed E-state index contributed by atoms with van der Waals surface area (Å²) in [5.74, 6) is 0.743. The van der Waals surface area contributed by atoms with E-state index in [9.17, 15) is 25.2 Å². The van der Waals surface area contributed by atoms with Crippen LogP contribution in [-0.4, -0.2) is 5.66 Å². The van der Waals surface area contributed by atoms with Crippen molar-refractivity contribution in [1.29, 1.82) is 0 Å². The summed E-state index contributed by atoms with van der Waals surface area (Å²) in [7, 11) is -12.1. The van der Waals surface area contributed by atoms with E-state index in [1.165, 1.54) is 31.0 Å². The summed E-state index contributed by atoms with van der Waals surface area (Å²) >= 11 is 0. The monoisotopic (exact) mass is 502 g/mol. The van der Waals surface area contributed by atoms with E-state index < -0.39 is 15.1 Å². The predicted molar refractivity (Wildman–Crippen MR) is 128 cm³/mol. The number of halogens is 6. The van der Waals surface area contributed by atoms with Gasteiger partial charge in [0.1, 0.15) is 0 Å². The molecule has 0 spiro atoms. The van der Waals surface area contributed by atoms with Crippen molar-refractivity contribution >= 4 is 25.7 Å². The zero-order chi connectivity index (χ0) is 24.0. The molecule has 0 saturated heterocycles. The fourth-order valence-electron chi connectivity index (χ4n) is 5.59. The van der Waals surface area contributed by atoms with Gasteiger partial charge in [0.2, 0.25) is 0 Å². The second kappa shape index (κ2) is 7.82. The first kappa shape index (κ1) is 24.2. The molecule has 1 aliphatic heterocycles. The molecule has 2 unspecified atom stereocenters. The van der Waals surface area contributed by atoms with Crippen LogP contribution in [0, 0.1) is 6.92 Å². The number of hydrogen-bond acceptors (Lipinski definition) is 0. The first-order chi connectivity index (χ1) is 15.3. The number of aryl methyl sites for hydroxylation is 1. The molecule has 5 rings (SSSR count). The van der Waals surface area contributed by atoms with Crippen LogP contribution in [0.25, 0.3) is 0 Å². The van der Waals surface area contributed by atoms with E-state index in [2.05, 4.69) is 85.8 Å². The average Bonchev–Trinajstić information content (AvgIpc) is 3.23. The molecule has 1 fully saturated rings. The summed E-state index contributed by atoms with van der Waals surface area (Å²) < 4.78 is 59.2. The quantitative estimate of drug-likeness (QED) is 0.242. The van der Waals surface area contributed by atoms with Crippen LogP contribution in [0.15, 0.2) is 78.9 Å². The molecule has 1 aliphatic carbocycles. The zero-order valence-electron chi connectivity index (χ0n) is 18.2. The maximum absolute atomic E-state index is 10.7. The van der Waals surface area contributed by atoms with E-state index in [0.29, 0.717) is 0 Å². The van der Waals surface area contributed by atoms with Crippen LogP contribution in [0.4, 0.5) is 25.2 Å². The van der Waals surface area contributed by atoms with Gasteiger partial charge in [-0.2, -0.15) is 0 Å². The summed E-state index contributed by atoms with van der Waals surface area (Å²) in [6.45, 7) is 2.32. The Bertz CT molecular complexity index is 1080. The molecule has 2 atom stereocenters. The van der Waals surface area contributed by atoms with Crippen molar-refractivity contribution in [3.8, 4) is 0 Å². The number of fused-ring (bicyclic) bond motifs is 3. The molecule has 0 radical (unpaired) electrons. The molecule has 2 aliphatic rings.